The molecule has 0 bridgehead atoms. The zero-order valence-electron chi connectivity index (χ0n) is 14.5. The first-order chi connectivity index (χ1) is 10.6. The number of rotatable bonds is 3. The van der Waals surface area contributed by atoms with Crippen molar-refractivity contribution in [3.8, 4) is 0 Å². The summed E-state index contributed by atoms with van der Waals surface area (Å²) in [5.41, 5.74) is -1.08. The number of nitrogens with zero attached hydrogens (tertiary/aromatic N) is 3. The van der Waals surface area contributed by atoms with E-state index in [1.54, 1.807) is 23.0 Å². The Morgan fingerprint density at radius 1 is 1.48 bits per heavy atom. The Kier molecular flexibility index (Phi) is 4.98. The van der Waals surface area contributed by atoms with Crippen LogP contribution in [0.2, 0.25) is 0 Å². The summed E-state index contributed by atoms with van der Waals surface area (Å²) in [6.07, 6.45) is 2.04. The highest BCUT2D eigenvalue weighted by molar-refractivity contribution is 7.05. The van der Waals surface area contributed by atoms with E-state index in [4.69, 9.17) is 4.74 Å². The minimum atomic E-state index is -0.559. The van der Waals surface area contributed by atoms with Gasteiger partial charge < -0.3 is 14.5 Å². The average Bonchev–Trinajstić information content (AvgIpc) is 3.06. The van der Waals surface area contributed by atoms with Crippen LogP contribution in [-0.4, -0.2) is 51.9 Å². The van der Waals surface area contributed by atoms with Crippen molar-refractivity contribution in [2.75, 3.05) is 20.1 Å². The summed E-state index contributed by atoms with van der Waals surface area (Å²) in [5.74, 6) is 0.0527. The van der Waals surface area contributed by atoms with E-state index in [1.807, 2.05) is 33.8 Å². The van der Waals surface area contributed by atoms with Crippen LogP contribution in [0.1, 0.15) is 39.0 Å². The highest BCUT2D eigenvalue weighted by Crippen LogP contribution is 2.33. The Balaban J connectivity index is 1.97. The summed E-state index contributed by atoms with van der Waals surface area (Å²) in [7, 11) is 1.80. The average molecular weight is 339 g/mol. The van der Waals surface area contributed by atoms with Crippen molar-refractivity contribution >= 4 is 23.5 Å². The highest BCUT2D eigenvalue weighted by atomic mass is 32.1. The quantitative estimate of drug-likeness (QED) is 0.849. The van der Waals surface area contributed by atoms with E-state index in [0.717, 1.165) is 4.88 Å². The minimum absolute atomic E-state index is 0.0527. The third kappa shape index (κ3) is 4.43. The minimum Gasteiger partial charge on any atom is -0.444 e. The molecule has 23 heavy (non-hydrogen) atoms. The molecule has 0 spiro atoms. The largest absolute Gasteiger partial charge is 0.444 e. The van der Waals surface area contributed by atoms with Gasteiger partial charge in [-0.15, -0.1) is 0 Å². The molecule has 0 aromatic carbocycles. The van der Waals surface area contributed by atoms with Crippen LogP contribution < -0.4 is 0 Å². The zero-order valence-corrected chi connectivity index (χ0v) is 15.3. The number of likely N-dealkylation sites (tertiary alicyclic amines) is 1. The normalized spacial score (nSPS) is 21.3. The molecule has 0 radical (unpaired) electrons. The fourth-order valence-corrected chi connectivity index (χ4v) is 3.34. The van der Waals surface area contributed by atoms with E-state index in [9.17, 15) is 9.59 Å². The molecular weight excluding hydrogens is 314 g/mol. The summed E-state index contributed by atoms with van der Waals surface area (Å²) >= 11 is 1.39. The van der Waals surface area contributed by atoms with Crippen molar-refractivity contribution in [3.63, 3.8) is 0 Å². The fraction of sp³-hybridized carbons (Fsp3) is 0.688. The van der Waals surface area contributed by atoms with Crippen LogP contribution >= 0.6 is 11.5 Å². The smallest absolute Gasteiger partial charge is 0.410 e. The Labute approximate surface area is 141 Å². The zero-order chi connectivity index (χ0) is 17.3. The van der Waals surface area contributed by atoms with Gasteiger partial charge in [0.15, 0.2) is 0 Å². The van der Waals surface area contributed by atoms with Crippen molar-refractivity contribution in [3.05, 3.63) is 17.1 Å². The van der Waals surface area contributed by atoms with Gasteiger partial charge in [0.25, 0.3) is 0 Å². The van der Waals surface area contributed by atoms with Crippen molar-refractivity contribution in [1.29, 1.82) is 0 Å². The lowest BCUT2D eigenvalue weighted by atomic mass is 9.88. The van der Waals surface area contributed by atoms with Gasteiger partial charge in [-0.05, 0) is 51.7 Å². The lowest BCUT2D eigenvalue weighted by Gasteiger charge is -2.29. The molecule has 1 aromatic heterocycles. The van der Waals surface area contributed by atoms with E-state index < -0.39 is 11.0 Å². The summed E-state index contributed by atoms with van der Waals surface area (Å²) < 4.78 is 9.45. The monoisotopic (exact) mass is 339 g/mol. The van der Waals surface area contributed by atoms with Crippen molar-refractivity contribution < 1.29 is 14.3 Å². The number of carbonyl (C=O) groups is 2. The van der Waals surface area contributed by atoms with Crippen LogP contribution in [0.25, 0.3) is 0 Å². The van der Waals surface area contributed by atoms with Crippen molar-refractivity contribution in [1.82, 2.24) is 14.2 Å². The van der Waals surface area contributed by atoms with Gasteiger partial charge in [-0.3, -0.25) is 4.79 Å². The Morgan fingerprint density at radius 3 is 2.74 bits per heavy atom. The van der Waals surface area contributed by atoms with Gasteiger partial charge in [0.2, 0.25) is 5.91 Å². The van der Waals surface area contributed by atoms with Gasteiger partial charge in [-0.2, -0.15) is 0 Å². The van der Waals surface area contributed by atoms with Gasteiger partial charge in [-0.25, -0.2) is 9.17 Å². The highest BCUT2D eigenvalue weighted by Gasteiger charge is 2.44. The molecule has 1 fully saturated rings. The molecule has 1 unspecified atom stereocenters. The molecule has 1 aliphatic heterocycles. The Hall–Kier alpha value is -1.63. The van der Waals surface area contributed by atoms with E-state index in [1.165, 1.54) is 11.5 Å². The Bertz CT molecular complexity index is 568. The van der Waals surface area contributed by atoms with Crippen LogP contribution in [0.3, 0.4) is 0 Å². The molecule has 1 aliphatic rings. The van der Waals surface area contributed by atoms with Gasteiger partial charge in [0, 0.05) is 31.2 Å². The third-order valence-electron chi connectivity index (χ3n) is 3.87. The maximum Gasteiger partial charge on any atom is 0.410 e. The third-order valence-corrected chi connectivity index (χ3v) is 4.60. The first-order valence-electron chi connectivity index (χ1n) is 7.74. The summed E-state index contributed by atoms with van der Waals surface area (Å²) in [5, 5.41) is 0. The summed E-state index contributed by atoms with van der Waals surface area (Å²) in [6, 6.07) is 1.92. The predicted octanol–water partition coefficient (Wildman–Crippen LogP) is 2.75. The molecule has 0 aliphatic carbocycles. The number of aromatic nitrogens is 1. The SMILES string of the molecule is CN(Cc1ccns1)C(=O)C1(C)CCN(C(=O)OC(C)(C)C)C1. The second-order valence-corrected chi connectivity index (χ2v) is 8.27. The van der Waals surface area contributed by atoms with E-state index in [2.05, 4.69) is 4.37 Å². The molecule has 1 saturated heterocycles. The second-order valence-electron chi connectivity index (χ2n) is 7.35. The second kappa shape index (κ2) is 6.47. The number of hydrogen-bond donors (Lipinski definition) is 0. The number of ether oxygens (including phenoxy) is 1. The molecule has 2 amide bonds. The van der Waals surface area contributed by atoms with Gasteiger partial charge in [0.05, 0.1) is 12.0 Å². The van der Waals surface area contributed by atoms with Crippen molar-refractivity contribution in [2.24, 2.45) is 5.41 Å². The lowest BCUT2D eigenvalue weighted by Crippen LogP contribution is -2.43. The number of hydrogen-bond acceptors (Lipinski definition) is 5. The topological polar surface area (TPSA) is 62.7 Å². The molecule has 128 valence electrons. The molecule has 1 aromatic rings. The first-order valence-corrected chi connectivity index (χ1v) is 8.51. The van der Waals surface area contributed by atoms with Crippen molar-refractivity contribution in [2.45, 2.75) is 46.3 Å². The first kappa shape index (κ1) is 17.7. The summed E-state index contributed by atoms with van der Waals surface area (Å²) in [4.78, 5) is 29.3. The van der Waals surface area contributed by atoms with Crippen LogP contribution in [-0.2, 0) is 16.1 Å². The molecule has 1 atom stereocenters. The maximum absolute atomic E-state index is 12.8. The van der Waals surface area contributed by atoms with Crippen LogP contribution in [0, 0.1) is 5.41 Å². The van der Waals surface area contributed by atoms with Crippen LogP contribution in [0.15, 0.2) is 12.3 Å². The van der Waals surface area contributed by atoms with E-state index >= 15 is 0 Å². The van der Waals surface area contributed by atoms with Gasteiger partial charge in [0.1, 0.15) is 5.60 Å². The molecular formula is C16H25N3O3S. The molecule has 0 N–H and O–H groups in total. The van der Waals surface area contributed by atoms with E-state index in [-0.39, 0.29) is 12.0 Å². The number of amides is 2. The standard InChI is InChI=1S/C16H25N3O3S/c1-15(2,3)22-14(21)19-9-7-16(4,11-19)13(20)18(5)10-12-6-8-17-23-12/h6,8H,7,9-11H2,1-5H3. The molecule has 6 nitrogen and oxygen atoms in total. The summed E-state index contributed by atoms with van der Waals surface area (Å²) in [6.45, 7) is 8.93. The van der Waals surface area contributed by atoms with Crippen LogP contribution in [0.5, 0.6) is 0 Å². The molecule has 2 rings (SSSR count). The van der Waals surface area contributed by atoms with Gasteiger partial charge >= 0.3 is 6.09 Å². The fourth-order valence-electron chi connectivity index (χ4n) is 2.71. The number of carbonyl (C=O) groups excluding carboxylic acids is 2. The maximum atomic E-state index is 12.8. The Morgan fingerprint density at radius 2 is 2.17 bits per heavy atom. The molecule has 7 heteroatoms. The van der Waals surface area contributed by atoms with E-state index in [0.29, 0.717) is 26.1 Å². The predicted molar refractivity (Wildman–Crippen MR) is 89.1 cm³/mol. The van der Waals surface area contributed by atoms with Gasteiger partial charge in [-0.1, -0.05) is 0 Å². The molecule has 2 heterocycles. The lowest BCUT2D eigenvalue weighted by molar-refractivity contribution is -0.139. The van der Waals surface area contributed by atoms with Crippen LogP contribution in [0.4, 0.5) is 4.79 Å². The molecule has 0 saturated carbocycles.